The van der Waals surface area contributed by atoms with E-state index in [1.807, 2.05) is 67.9 Å². The number of aryl methyl sites for hydroxylation is 2. The van der Waals surface area contributed by atoms with Gasteiger partial charge in [-0.3, -0.25) is 14.4 Å². The molecule has 1 N–H and O–H groups in total. The van der Waals surface area contributed by atoms with E-state index >= 15 is 0 Å². The number of anilines is 1. The van der Waals surface area contributed by atoms with E-state index in [2.05, 4.69) is 10.4 Å². The molecule has 0 saturated carbocycles. The molecule has 5 nitrogen and oxygen atoms in total. The molecule has 0 aliphatic carbocycles. The zero-order chi connectivity index (χ0) is 15.4. The Morgan fingerprint density at radius 1 is 1.29 bits per heavy atom. The summed E-state index contributed by atoms with van der Waals surface area (Å²) >= 11 is 0. The molecule has 0 bridgehead atoms. The molecule has 1 aromatic carbocycles. The van der Waals surface area contributed by atoms with E-state index in [9.17, 15) is 4.79 Å². The Kier molecular flexibility index (Phi) is 4.75. The molecule has 2 aromatic rings. The molecule has 2 rings (SSSR count). The number of nitrogens with one attached hydrogen (secondary N) is 1. The molecule has 0 aliphatic heterocycles. The second kappa shape index (κ2) is 6.54. The SMILES string of the molecule is Cc1nn(C)c(C)c1CN(C)CC(=O)Nc1ccccc1. The lowest BCUT2D eigenvalue weighted by Crippen LogP contribution is -2.30. The Hall–Kier alpha value is -2.14. The van der Waals surface area contributed by atoms with Crippen LogP contribution in [0.2, 0.25) is 0 Å². The van der Waals surface area contributed by atoms with Crippen LogP contribution in [0.25, 0.3) is 0 Å². The van der Waals surface area contributed by atoms with Crippen LogP contribution in [-0.2, 0) is 18.4 Å². The highest BCUT2D eigenvalue weighted by molar-refractivity contribution is 5.92. The smallest absolute Gasteiger partial charge is 0.238 e. The fourth-order valence-corrected chi connectivity index (χ4v) is 2.34. The third-order valence-electron chi connectivity index (χ3n) is 3.56. The van der Waals surface area contributed by atoms with Crippen molar-refractivity contribution < 1.29 is 4.79 Å². The predicted octanol–water partition coefficient (Wildman–Crippen LogP) is 2.11. The minimum atomic E-state index is -0.0112. The lowest BCUT2D eigenvalue weighted by atomic mass is 10.2. The van der Waals surface area contributed by atoms with Gasteiger partial charge in [-0.1, -0.05) is 18.2 Å². The number of nitrogens with zero attached hydrogens (tertiary/aromatic N) is 3. The summed E-state index contributed by atoms with van der Waals surface area (Å²) in [5, 5.41) is 7.29. The number of hydrogen-bond donors (Lipinski definition) is 1. The molecular weight excluding hydrogens is 264 g/mol. The number of carbonyl (C=O) groups excluding carboxylic acids is 1. The molecule has 0 spiro atoms. The molecule has 0 atom stereocenters. The summed E-state index contributed by atoms with van der Waals surface area (Å²) in [7, 11) is 3.88. The molecule has 5 heteroatoms. The van der Waals surface area contributed by atoms with Gasteiger partial charge in [0.15, 0.2) is 0 Å². The third kappa shape index (κ3) is 3.92. The average molecular weight is 286 g/mol. The first-order valence-corrected chi connectivity index (χ1v) is 7.00. The van der Waals surface area contributed by atoms with Gasteiger partial charge in [0, 0.05) is 30.5 Å². The van der Waals surface area contributed by atoms with Crippen LogP contribution >= 0.6 is 0 Å². The quantitative estimate of drug-likeness (QED) is 0.916. The van der Waals surface area contributed by atoms with Crippen molar-refractivity contribution in [1.29, 1.82) is 0 Å². The van der Waals surface area contributed by atoms with Gasteiger partial charge < -0.3 is 5.32 Å². The number of para-hydroxylation sites is 1. The maximum absolute atomic E-state index is 12.0. The number of likely N-dealkylation sites (N-methyl/N-ethyl adjacent to an activating group) is 1. The van der Waals surface area contributed by atoms with Gasteiger partial charge in [0.1, 0.15) is 0 Å². The lowest BCUT2D eigenvalue weighted by molar-refractivity contribution is -0.117. The zero-order valence-corrected chi connectivity index (χ0v) is 13.1. The fraction of sp³-hybridized carbons (Fsp3) is 0.375. The largest absolute Gasteiger partial charge is 0.325 e. The average Bonchev–Trinajstić information content (AvgIpc) is 2.66. The summed E-state index contributed by atoms with van der Waals surface area (Å²) in [6.45, 7) is 5.11. The van der Waals surface area contributed by atoms with E-state index in [1.165, 1.54) is 5.56 Å². The molecule has 0 radical (unpaired) electrons. The topological polar surface area (TPSA) is 50.2 Å². The van der Waals surface area contributed by atoms with Gasteiger partial charge in [0.05, 0.1) is 12.2 Å². The number of carbonyl (C=O) groups is 1. The summed E-state index contributed by atoms with van der Waals surface area (Å²) in [6, 6.07) is 9.50. The van der Waals surface area contributed by atoms with Crippen molar-refractivity contribution in [2.24, 2.45) is 7.05 Å². The van der Waals surface area contributed by atoms with E-state index < -0.39 is 0 Å². The van der Waals surface area contributed by atoms with Crippen molar-refractivity contribution in [2.45, 2.75) is 20.4 Å². The molecule has 0 aliphatic rings. The van der Waals surface area contributed by atoms with Crippen LogP contribution in [-0.4, -0.2) is 34.2 Å². The minimum Gasteiger partial charge on any atom is -0.325 e. The Labute approximate surface area is 125 Å². The molecule has 0 unspecified atom stereocenters. The lowest BCUT2D eigenvalue weighted by Gasteiger charge is -2.16. The first kappa shape index (κ1) is 15.3. The second-order valence-corrected chi connectivity index (χ2v) is 5.36. The van der Waals surface area contributed by atoms with Gasteiger partial charge in [0.25, 0.3) is 0 Å². The number of amides is 1. The Morgan fingerprint density at radius 3 is 2.52 bits per heavy atom. The molecule has 112 valence electrons. The van der Waals surface area contributed by atoms with Crippen molar-refractivity contribution in [3.05, 3.63) is 47.3 Å². The van der Waals surface area contributed by atoms with Crippen LogP contribution in [0.4, 0.5) is 5.69 Å². The standard InChI is InChI=1S/C16H22N4O/c1-12-15(13(2)20(4)18-12)10-19(3)11-16(21)17-14-8-6-5-7-9-14/h5-9H,10-11H2,1-4H3,(H,17,21). The molecular formula is C16H22N4O. The number of hydrogen-bond acceptors (Lipinski definition) is 3. The van der Waals surface area contributed by atoms with Crippen LogP contribution in [0.15, 0.2) is 30.3 Å². The first-order valence-electron chi connectivity index (χ1n) is 7.00. The van der Waals surface area contributed by atoms with E-state index in [1.54, 1.807) is 0 Å². The summed E-state index contributed by atoms with van der Waals surface area (Å²) in [5.41, 5.74) is 4.17. The summed E-state index contributed by atoms with van der Waals surface area (Å²) in [6.07, 6.45) is 0. The highest BCUT2D eigenvalue weighted by Gasteiger charge is 2.13. The maximum Gasteiger partial charge on any atom is 0.238 e. The van der Waals surface area contributed by atoms with Crippen LogP contribution in [0, 0.1) is 13.8 Å². The van der Waals surface area contributed by atoms with Gasteiger partial charge in [-0.25, -0.2) is 0 Å². The van der Waals surface area contributed by atoms with Crippen molar-refractivity contribution in [2.75, 3.05) is 18.9 Å². The molecule has 21 heavy (non-hydrogen) atoms. The van der Waals surface area contributed by atoms with Crippen LogP contribution in [0.1, 0.15) is 17.0 Å². The fourth-order valence-electron chi connectivity index (χ4n) is 2.34. The predicted molar refractivity (Wildman–Crippen MR) is 84.1 cm³/mol. The Balaban J connectivity index is 1.92. The molecule has 1 heterocycles. The second-order valence-electron chi connectivity index (χ2n) is 5.36. The third-order valence-corrected chi connectivity index (χ3v) is 3.56. The van der Waals surface area contributed by atoms with Crippen LogP contribution in [0.5, 0.6) is 0 Å². The van der Waals surface area contributed by atoms with Crippen molar-refractivity contribution in [1.82, 2.24) is 14.7 Å². The van der Waals surface area contributed by atoms with E-state index in [4.69, 9.17) is 0 Å². The van der Waals surface area contributed by atoms with Crippen LogP contribution < -0.4 is 5.32 Å². The monoisotopic (exact) mass is 286 g/mol. The van der Waals surface area contributed by atoms with Crippen molar-refractivity contribution >= 4 is 11.6 Å². The normalized spacial score (nSPS) is 10.9. The van der Waals surface area contributed by atoms with E-state index in [0.717, 1.165) is 17.1 Å². The zero-order valence-electron chi connectivity index (χ0n) is 13.1. The van der Waals surface area contributed by atoms with Crippen molar-refractivity contribution in [3.63, 3.8) is 0 Å². The maximum atomic E-state index is 12.0. The van der Waals surface area contributed by atoms with E-state index in [0.29, 0.717) is 13.1 Å². The van der Waals surface area contributed by atoms with Crippen LogP contribution in [0.3, 0.4) is 0 Å². The van der Waals surface area contributed by atoms with Gasteiger partial charge >= 0.3 is 0 Å². The van der Waals surface area contributed by atoms with Gasteiger partial charge in [0.2, 0.25) is 5.91 Å². The molecule has 0 fully saturated rings. The molecule has 1 amide bonds. The molecule has 0 saturated heterocycles. The van der Waals surface area contributed by atoms with Gasteiger partial charge in [-0.15, -0.1) is 0 Å². The van der Waals surface area contributed by atoms with Crippen molar-refractivity contribution in [3.8, 4) is 0 Å². The highest BCUT2D eigenvalue weighted by atomic mass is 16.2. The number of benzene rings is 1. The summed E-state index contributed by atoms with van der Waals surface area (Å²) in [4.78, 5) is 14.0. The van der Waals surface area contributed by atoms with E-state index in [-0.39, 0.29) is 5.91 Å². The summed E-state index contributed by atoms with van der Waals surface area (Å²) in [5.74, 6) is -0.0112. The first-order chi connectivity index (χ1) is 9.97. The Bertz CT molecular complexity index is 619. The van der Waals surface area contributed by atoms with Gasteiger partial charge in [-0.2, -0.15) is 5.10 Å². The van der Waals surface area contributed by atoms with Gasteiger partial charge in [-0.05, 0) is 33.0 Å². The highest BCUT2D eigenvalue weighted by Crippen LogP contribution is 2.14. The molecule has 1 aromatic heterocycles. The summed E-state index contributed by atoms with van der Waals surface area (Å²) < 4.78 is 1.88. The Morgan fingerprint density at radius 2 is 1.95 bits per heavy atom. The number of rotatable bonds is 5. The minimum absolute atomic E-state index is 0.0112. The number of aromatic nitrogens is 2.